The lowest BCUT2D eigenvalue weighted by molar-refractivity contribution is 0.670. The van der Waals surface area contributed by atoms with Gasteiger partial charge in [-0.25, -0.2) is 0 Å². The van der Waals surface area contributed by atoms with Crippen molar-refractivity contribution in [2.75, 3.05) is 4.90 Å². The third kappa shape index (κ3) is 5.44. The van der Waals surface area contributed by atoms with Crippen molar-refractivity contribution in [1.82, 2.24) is 4.57 Å². The average Bonchev–Trinajstić information content (AvgIpc) is 3.85. The Bertz CT molecular complexity index is 3490. The van der Waals surface area contributed by atoms with Crippen molar-refractivity contribution in [2.24, 2.45) is 0 Å². The molecule has 12 aromatic rings. The molecule has 0 fully saturated rings. The van der Waals surface area contributed by atoms with Gasteiger partial charge in [-0.1, -0.05) is 146 Å². The monoisotopic (exact) mass is 752 g/mol. The van der Waals surface area contributed by atoms with E-state index in [1.165, 1.54) is 54.5 Å². The van der Waals surface area contributed by atoms with E-state index in [1.807, 2.05) is 6.07 Å². The maximum absolute atomic E-state index is 6.70. The average molecular weight is 753 g/mol. The zero-order valence-electron chi connectivity index (χ0n) is 32.1. The minimum atomic E-state index is 0.877. The molecular weight excluding hydrogens is 717 g/mol. The number of aromatic nitrogens is 1. The van der Waals surface area contributed by atoms with E-state index < -0.39 is 0 Å². The molecule has 2 heterocycles. The highest BCUT2D eigenvalue weighted by molar-refractivity contribution is 6.13. The Morgan fingerprint density at radius 2 is 0.915 bits per heavy atom. The van der Waals surface area contributed by atoms with Crippen LogP contribution in [-0.2, 0) is 0 Å². The second-order valence-corrected chi connectivity index (χ2v) is 15.3. The van der Waals surface area contributed by atoms with Gasteiger partial charge in [-0.15, -0.1) is 0 Å². The molecule has 0 amide bonds. The number of benzene rings is 10. The Hall–Kier alpha value is -7.88. The summed E-state index contributed by atoms with van der Waals surface area (Å²) >= 11 is 0. The van der Waals surface area contributed by atoms with Gasteiger partial charge in [0.25, 0.3) is 0 Å². The van der Waals surface area contributed by atoms with Gasteiger partial charge in [-0.3, -0.25) is 0 Å². The molecule has 3 heteroatoms. The predicted octanol–water partition coefficient (Wildman–Crippen LogP) is 15.8. The van der Waals surface area contributed by atoms with Crippen LogP contribution in [0.15, 0.2) is 223 Å². The van der Waals surface area contributed by atoms with Crippen LogP contribution in [0.4, 0.5) is 17.1 Å². The summed E-state index contributed by atoms with van der Waals surface area (Å²) in [6, 6.07) is 78.7. The first-order valence-corrected chi connectivity index (χ1v) is 20.2. The van der Waals surface area contributed by atoms with Crippen LogP contribution in [0.5, 0.6) is 0 Å². The molecule has 10 aromatic carbocycles. The lowest BCUT2D eigenvalue weighted by Crippen LogP contribution is -2.10. The van der Waals surface area contributed by atoms with Crippen LogP contribution in [0, 0.1) is 0 Å². The number of nitrogens with zero attached hydrogens (tertiary/aromatic N) is 2. The van der Waals surface area contributed by atoms with Crippen LogP contribution in [0.2, 0.25) is 0 Å². The van der Waals surface area contributed by atoms with Crippen molar-refractivity contribution in [3.05, 3.63) is 218 Å². The minimum absolute atomic E-state index is 0.877. The smallest absolute Gasteiger partial charge is 0.143 e. The molecule has 0 unspecified atom stereocenters. The number of hydrogen-bond donors (Lipinski definition) is 0. The van der Waals surface area contributed by atoms with E-state index in [2.05, 4.69) is 222 Å². The fourth-order valence-electron chi connectivity index (χ4n) is 9.17. The molecule has 276 valence electrons. The molecule has 0 atom stereocenters. The molecule has 12 rings (SSSR count). The molecule has 0 saturated heterocycles. The van der Waals surface area contributed by atoms with Gasteiger partial charge in [0.05, 0.1) is 11.0 Å². The number of rotatable bonds is 6. The summed E-state index contributed by atoms with van der Waals surface area (Å²) in [5, 5.41) is 9.75. The zero-order chi connectivity index (χ0) is 38.9. The molecule has 0 spiro atoms. The Morgan fingerprint density at radius 1 is 0.339 bits per heavy atom. The van der Waals surface area contributed by atoms with Gasteiger partial charge < -0.3 is 13.9 Å². The number of hydrogen-bond acceptors (Lipinski definition) is 2. The third-order valence-electron chi connectivity index (χ3n) is 12.0. The van der Waals surface area contributed by atoms with Gasteiger partial charge in [0.1, 0.15) is 11.2 Å². The van der Waals surface area contributed by atoms with Crippen molar-refractivity contribution in [1.29, 1.82) is 0 Å². The molecule has 3 nitrogen and oxygen atoms in total. The fraction of sp³-hybridized carbons (Fsp3) is 0. The summed E-state index contributed by atoms with van der Waals surface area (Å²) in [6.45, 7) is 0. The molecule has 0 radical (unpaired) electrons. The van der Waals surface area contributed by atoms with Crippen LogP contribution >= 0.6 is 0 Å². The van der Waals surface area contributed by atoms with E-state index in [4.69, 9.17) is 4.42 Å². The Morgan fingerprint density at radius 3 is 1.68 bits per heavy atom. The standard InChI is InChI=1S/C56H36N2O/c1-2-13-42(14-3-1)57(43-29-24-37(25-30-43)40-28-33-47-41(34-40)23-22-38-12-4-5-15-46(38)47)45-35-51(56-52(36-45)50-18-8-11-21-55(50)59-56)39-26-31-44(32-27-39)58-53-19-9-6-16-48(53)49-17-7-10-20-54(49)58/h1-36H. The van der Waals surface area contributed by atoms with Crippen molar-refractivity contribution < 1.29 is 4.42 Å². The normalized spacial score (nSPS) is 11.7. The largest absolute Gasteiger partial charge is 0.455 e. The fourth-order valence-corrected chi connectivity index (χ4v) is 9.17. The SMILES string of the molecule is c1ccc(N(c2ccc(-c3ccc4c(ccc5ccccc54)c3)cc2)c2cc(-c3ccc(-n4c5ccccc5c5ccccc54)cc3)c3oc4ccccc4c3c2)cc1. The first kappa shape index (κ1) is 33.3. The van der Waals surface area contributed by atoms with Gasteiger partial charge in [0.15, 0.2) is 0 Å². The lowest BCUT2D eigenvalue weighted by Gasteiger charge is -2.26. The molecule has 0 aliphatic rings. The maximum atomic E-state index is 6.70. The second kappa shape index (κ2) is 13.4. The number of fused-ring (bicyclic) bond motifs is 9. The number of anilines is 3. The third-order valence-corrected chi connectivity index (χ3v) is 12.0. The molecule has 2 aromatic heterocycles. The van der Waals surface area contributed by atoms with Crippen LogP contribution in [0.1, 0.15) is 0 Å². The molecule has 0 N–H and O–H groups in total. The van der Waals surface area contributed by atoms with Crippen molar-refractivity contribution in [3.63, 3.8) is 0 Å². The highest BCUT2D eigenvalue weighted by Crippen LogP contribution is 2.44. The first-order chi connectivity index (χ1) is 29.2. The Kier molecular flexibility index (Phi) is 7.54. The summed E-state index contributed by atoms with van der Waals surface area (Å²) in [7, 11) is 0. The summed E-state index contributed by atoms with van der Waals surface area (Å²) in [6.07, 6.45) is 0. The van der Waals surface area contributed by atoms with Gasteiger partial charge in [-0.05, 0) is 111 Å². The van der Waals surface area contributed by atoms with E-state index in [0.717, 1.165) is 55.8 Å². The first-order valence-electron chi connectivity index (χ1n) is 20.2. The molecule has 0 bridgehead atoms. The van der Waals surface area contributed by atoms with Crippen LogP contribution in [-0.4, -0.2) is 4.57 Å². The van der Waals surface area contributed by atoms with E-state index in [0.29, 0.717) is 0 Å². The van der Waals surface area contributed by atoms with Crippen molar-refractivity contribution >= 4 is 82.4 Å². The van der Waals surface area contributed by atoms with Gasteiger partial charge in [0, 0.05) is 49.9 Å². The van der Waals surface area contributed by atoms with Gasteiger partial charge in [0.2, 0.25) is 0 Å². The van der Waals surface area contributed by atoms with E-state index >= 15 is 0 Å². The summed E-state index contributed by atoms with van der Waals surface area (Å²) in [5.41, 5.74) is 13.0. The highest BCUT2D eigenvalue weighted by Gasteiger charge is 2.20. The predicted molar refractivity (Wildman–Crippen MR) is 249 cm³/mol. The summed E-state index contributed by atoms with van der Waals surface area (Å²) in [5.74, 6) is 0. The highest BCUT2D eigenvalue weighted by atomic mass is 16.3. The van der Waals surface area contributed by atoms with Crippen molar-refractivity contribution in [2.45, 2.75) is 0 Å². The summed E-state index contributed by atoms with van der Waals surface area (Å²) < 4.78 is 9.06. The molecular formula is C56H36N2O. The molecule has 0 aliphatic heterocycles. The Labute approximate surface area is 341 Å². The van der Waals surface area contributed by atoms with Crippen LogP contribution in [0.3, 0.4) is 0 Å². The number of furan rings is 1. The molecule has 59 heavy (non-hydrogen) atoms. The van der Waals surface area contributed by atoms with E-state index in [9.17, 15) is 0 Å². The van der Waals surface area contributed by atoms with E-state index in [-0.39, 0.29) is 0 Å². The lowest BCUT2D eigenvalue weighted by atomic mass is 9.97. The summed E-state index contributed by atoms with van der Waals surface area (Å²) in [4.78, 5) is 2.35. The quantitative estimate of drug-likeness (QED) is 0.158. The minimum Gasteiger partial charge on any atom is -0.455 e. The zero-order valence-corrected chi connectivity index (χ0v) is 32.1. The van der Waals surface area contributed by atoms with Crippen molar-refractivity contribution in [3.8, 4) is 27.9 Å². The topological polar surface area (TPSA) is 21.3 Å². The van der Waals surface area contributed by atoms with Gasteiger partial charge >= 0.3 is 0 Å². The maximum Gasteiger partial charge on any atom is 0.143 e. The van der Waals surface area contributed by atoms with Crippen LogP contribution < -0.4 is 4.90 Å². The van der Waals surface area contributed by atoms with Gasteiger partial charge in [-0.2, -0.15) is 0 Å². The van der Waals surface area contributed by atoms with E-state index in [1.54, 1.807) is 0 Å². The number of para-hydroxylation sites is 4. The second-order valence-electron chi connectivity index (χ2n) is 15.3. The Balaban J connectivity index is 0.991. The molecule has 0 saturated carbocycles. The van der Waals surface area contributed by atoms with Crippen LogP contribution in [0.25, 0.3) is 93.2 Å². The molecule has 0 aliphatic carbocycles.